The van der Waals surface area contributed by atoms with Crippen molar-refractivity contribution in [3.8, 4) is 16.2 Å². The number of H-pyrrole nitrogens is 1. The summed E-state index contributed by atoms with van der Waals surface area (Å²) in [5, 5.41) is 0. The molecule has 1 aliphatic rings. The maximum absolute atomic E-state index is 12.6. The molecule has 0 saturated carbocycles. The van der Waals surface area contributed by atoms with Crippen molar-refractivity contribution in [1.29, 1.82) is 0 Å². The van der Waals surface area contributed by atoms with Gasteiger partial charge in [-0.15, -0.1) is 11.3 Å². The van der Waals surface area contributed by atoms with E-state index < -0.39 is 0 Å². The zero-order chi connectivity index (χ0) is 21.1. The second kappa shape index (κ2) is 9.29. The Hall–Kier alpha value is -2.22. The molecular formula is C23H29N3O3S. The van der Waals surface area contributed by atoms with Gasteiger partial charge >= 0.3 is 0 Å². The van der Waals surface area contributed by atoms with Gasteiger partial charge in [0, 0.05) is 24.6 Å². The van der Waals surface area contributed by atoms with Crippen molar-refractivity contribution in [3.63, 3.8) is 0 Å². The largest absolute Gasteiger partial charge is 0.497 e. The van der Waals surface area contributed by atoms with Crippen molar-refractivity contribution in [2.24, 2.45) is 5.92 Å². The minimum absolute atomic E-state index is 0.0603. The lowest BCUT2D eigenvalue weighted by molar-refractivity contribution is -0.00624. The van der Waals surface area contributed by atoms with Gasteiger partial charge < -0.3 is 14.5 Å². The Labute approximate surface area is 180 Å². The summed E-state index contributed by atoms with van der Waals surface area (Å²) < 4.78 is 11.9. The summed E-state index contributed by atoms with van der Waals surface area (Å²) in [5.74, 6) is 2.11. The number of hydrogen-bond acceptors (Lipinski definition) is 6. The number of piperidine rings is 1. The Morgan fingerprint density at radius 3 is 2.63 bits per heavy atom. The molecule has 2 aromatic heterocycles. The van der Waals surface area contributed by atoms with Crippen LogP contribution in [0.3, 0.4) is 0 Å². The van der Waals surface area contributed by atoms with E-state index in [2.05, 4.69) is 23.7 Å². The molecule has 30 heavy (non-hydrogen) atoms. The zero-order valence-corrected chi connectivity index (χ0v) is 18.6. The van der Waals surface area contributed by atoms with Gasteiger partial charge in [0.05, 0.1) is 25.3 Å². The van der Waals surface area contributed by atoms with E-state index >= 15 is 0 Å². The Bertz CT molecular complexity index is 1030. The third kappa shape index (κ3) is 4.91. The van der Waals surface area contributed by atoms with Gasteiger partial charge in [0.2, 0.25) is 0 Å². The van der Waals surface area contributed by atoms with Crippen LogP contribution in [0.25, 0.3) is 20.7 Å². The molecule has 3 aromatic rings. The standard InChI is InChI=1S/C23H29N3O3S/c1-15(2)14-29-18-8-10-26(11-9-18)13-21-24-19-12-20(30-22(19)23(27)25-21)16-4-6-17(28-3)7-5-16/h4-7,12,15,18H,8-11,13-14H2,1-3H3,(H,24,25,27). The second-order valence-electron chi connectivity index (χ2n) is 8.27. The first kappa shape index (κ1) is 21.0. The lowest BCUT2D eigenvalue weighted by Crippen LogP contribution is -2.37. The van der Waals surface area contributed by atoms with Gasteiger partial charge in [-0.1, -0.05) is 13.8 Å². The minimum Gasteiger partial charge on any atom is -0.497 e. The number of rotatable bonds is 7. The first-order chi connectivity index (χ1) is 14.5. The molecule has 3 heterocycles. The lowest BCUT2D eigenvalue weighted by atomic mass is 10.1. The highest BCUT2D eigenvalue weighted by Crippen LogP contribution is 2.32. The fraction of sp³-hybridized carbons (Fsp3) is 0.478. The highest BCUT2D eigenvalue weighted by molar-refractivity contribution is 7.22. The van der Waals surface area contributed by atoms with Crippen LogP contribution in [0.2, 0.25) is 0 Å². The molecule has 0 unspecified atom stereocenters. The molecule has 6 nitrogen and oxygen atoms in total. The van der Waals surface area contributed by atoms with Crippen LogP contribution >= 0.6 is 11.3 Å². The number of benzene rings is 1. The first-order valence-electron chi connectivity index (χ1n) is 10.5. The highest BCUT2D eigenvalue weighted by Gasteiger charge is 2.21. The van der Waals surface area contributed by atoms with Gasteiger partial charge in [-0.3, -0.25) is 9.69 Å². The highest BCUT2D eigenvalue weighted by atomic mass is 32.1. The second-order valence-corrected chi connectivity index (χ2v) is 9.32. The molecule has 160 valence electrons. The van der Waals surface area contributed by atoms with Crippen LogP contribution in [0.1, 0.15) is 32.5 Å². The number of aromatic nitrogens is 2. The van der Waals surface area contributed by atoms with Crippen LogP contribution in [0.15, 0.2) is 35.1 Å². The molecule has 1 aromatic carbocycles. The monoisotopic (exact) mass is 427 g/mol. The number of nitrogens with zero attached hydrogens (tertiary/aromatic N) is 2. The fourth-order valence-corrected chi connectivity index (χ4v) is 4.73. The summed E-state index contributed by atoms with van der Waals surface area (Å²) >= 11 is 1.48. The average Bonchev–Trinajstić information content (AvgIpc) is 3.18. The molecule has 0 aliphatic carbocycles. The minimum atomic E-state index is -0.0603. The molecule has 0 bridgehead atoms. The normalized spacial score (nSPS) is 15.9. The van der Waals surface area contributed by atoms with Crippen LogP contribution < -0.4 is 10.3 Å². The molecule has 1 aliphatic heterocycles. The molecule has 1 fully saturated rings. The van der Waals surface area contributed by atoms with Crippen LogP contribution in [0.5, 0.6) is 5.75 Å². The number of likely N-dealkylation sites (tertiary alicyclic amines) is 1. The van der Waals surface area contributed by atoms with Crippen molar-refractivity contribution in [2.45, 2.75) is 39.3 Å². The molecule has 0 atom stereocenters. The van der Waals surface area contributed by atoms with Gasteiger partial charge in [0.1, 0.15) is 16.3 Å². The van der Waals surface area contributed by atoms with Crippen LogP contribution in [-0.2, 0) is 11.3 Å². The van der Waals surface area contributed by atoms with E-state index in [4.69, 9.17) is 14.5 Å². The Balaban J connectivity index is 1.45. The predicted molar refractivity (Wildman–Crippen MR) is 121 cm³/mol. The van der Waals surface area contributed by atoms with E-state index in [-0.39, 0.29) is 5.56 Å². The number of ether oxygens (including phenoxy) is 2. The Morgan fingerprint density at radius 1 is 1.23 bits per heavy atom. The molecule has 7 heteroatoms. The van der Waals surface area contributed by atoms with Crippen molar-refractivity contribution in [3.05, 3.63) is 46.5 Å². The summed E-state index contributed by atoms with van der Waals surface area (Å²) in [7, 11) is 1.65. The maximum atomic E-state index is 12.6. The predicted octanol–water partition coefficient (Wildman–Crippen LogP) is 4.30. The summed E-state index contributed by atoms with van der Waals surface area (Å²) in [6.07, 6.45) is 2.40. The molecule has 4 rings (SSSR count). The number of nitrogens with one attached hydrogen (secondary N) is 1. The number of thiophene rings is 1. The smallest absolute Gasteiger partial charge is 0.268 e. The molecule has 0 amide bonds. The van der Waals surface area contributed by atoms with Crippen LogP contribution in [0.4, 0.5) is 0 Å². The zero-order valence-electron chi connectivity index (χ0n) is 17.8. The van der Waals surface area contributed by atoms with E-state index in [0.29, 0.717) is 23.3 Å². The first-order valence-corrected chi connectivity index (χ1v) is 11.3. The Kier molecular flexibility index (Phi) is 6.51. The van der Waals surface area contributed by atoms with E-state index in [9.17, 15) is 4.79 Å². The third-order valence-corrected chi connectivity index (χ3v) is 6.55. The molecule has 1 saturated heterocycles. The summed E-state index contributed by atoms with van der Waals surface area (Å²) in [6, 6.07) is 9.87. The number of hydrogen-bond donors (Lipinski definition) is 1. The molecule has 0 spiro atoms. The summed E-state index contributed by atoms with van der Waals surface area (Å²) in [6.45, 7) is 7.77. The summed E-state index contributed by atoms with van der Waals surface area (Å²) in [5.41, 5.74) is 1.76. The molecule has 0 radical (unpaired) electrons. The van der Waals surface area contributed by atoms with E-state index in [1.54, 1.807) is 7.11 Å². The van der Waals surface area contributed by atoms with Gasteiger partial charge in [-0.05, 0) is 54.7 Å². The Morgan fingerprint density at radius 2 is 1.97 bits per heavy atom. The number of fused-ring (bicyclic) bond motifs is 1. The van der Waals surface area contributed by atoms with Gasteiger partial charge in [-0.25, -0.2) is 4.98 Å². The van der Waals surface area contributed by atoms with Gasteiger partial charge in [-0.2, -0.15) is 0 Å². The van der Waals surface area contributed by atoms with Crippen molar-refractivity contribution < 1.29 is 9.47 Å². The van der Waals surface area contributed by atoms with Crippen molar-refractivity contribution in [2.75, 3.05) is 26.8 Å². The third-order valence-electron chi connectivity index (χ3n) is 5.38. The molecular weight excluding hydrogens is 398 g/mol. The maximum Gasteiger partial charge on any atom is 0.268 e. The van der Waals surface area contributed by atoms with Crippen molar-refractivity contribution >= 4 is 21.6 Å². The molecule has 1 N–H and O–H groups in total. The van der Waals surface area contributed by atoms with Crippen LogP contribution in [-0.4, -0.2) is 47.8 Å². The van der Waals surface area contributed by atoms with E-state index in [1.165, 1.54) is 11.3 Å². The topological polar surface area (TPSA) is 67.5 Å². The SMILES string of the molecule is COc1ccc(-c2cc3nc(CN4CCC(OCC(C)C)CC4)[nH]c(=O)c3s2)cc1. The van der Waals surface area contributed by atoms with Gasteiger partial charge in [0.25, 0.3) is 5.56 Å². The number of methoxy groups -OCH3 is 1. The fourth-order valence-electron chi connectivity index (χ4n) is 3.74. The van der Waals surface area contributed by atoms with Crippen molar-refractivity contribution in [1.82, 2.24) is 14.9 Å². The van der Waals surface area contributed by atoms with E-state index in [0.717, 1.165) is 60.1 Å². The van der Waals surface area contributed by atoms with E-state index in [1.807, 2.05) is 30.3 Å². The number of aromatic amines is 1. The quantitative estimate of drug-likeness (QED) is 0.609. The average molecular weight is 428 g/mol. The lowest BCUT2D eigenvalue weighted by Gasteiger charge is -2.31. The summed E-state index contributed by atoms with van der Waals surface area (Å²) in [4.78, 5) is 23.7. The van der Waals surface area contributed by atoms with Gasteiger partial charge in [0.15, 0.2) is 0 Å². The van der Waals surface area contributed by atoms with Crippen LogP contribution in [0, 0.1) is 5.92 Å².